The number of hydrogen-bond donors (Lipinski definition) is 0. The van der Waals surface area contributed by atoms with Crippen molar-refractivity contribution in [1.82, 2.24) is 14.6 Å². The maximum atomic E-state index is 13.8. The van der Waals surface area contributed by atoms with Gasteiger partial charge in [-0.3, -0.25) is 4.79 Å². The van der Waals surface area contributed by atoms with Gasteiger partial charge < -0.3 is 19.1 Å². The number of aryl methyl sites for hydroxylation is 1. The van der Waals surface area contributed by atoms with Crippen LogP contribution >= 0.6 is 0 Å². The van der Waals surface area contributed by atoms with Gasteiger partial charge in [0.1, 0.15) is 11.6 Å². The molecule has 2 aromatic heterocycles. The average molecular weight is 623 g/mol. The second-order valence-corrected chi connectivity index (χ2v) is 12.0. The number of ether oxygens (including phenoxy) is 3. The van der Waals surface area contributed by atoms with E-state index >= 15 is 0 Å². The summed E-state index contributed by atoms with van der Waals surface area (Å²) in [6.07, 6.45) is -0.343. The summed E-state index contributed by atoms with van der Waals surface area (Å²) in [5, 5.41) is 4.96. The Kier molecular flexibility index (Phi) is 8.47. The lowest BCUT2D eigenvalue weighted by molar-refractivity contribution is -0.140. The fraction of sp³-hybridized carbons (Fsp3) is 0.441. The monoisotopic (exact) mass is 622 g/mol. The van der Waals surface area contributed by atoms with Gasteiger partial charge >= 0.3 is 12.1 Å². The van der Waals surface area contributed by atoms with E-state index in [2.05, 4.69) is 11.8 Å². The minimum Gasteiger partial charge on any atom is -0.493 e. The molecule has 45 heavy (non-hydrogen) atoms. The summed E-state index contributed by atoms with van der Waals surface area (Å²) >= 11 is 0. The van der Waals surface area contributed by atoms with Gasteiger partial charge in [-0.2, -0.15) is 22.8 Å². The van der Waals surface area contributed by atoms with Crippen LogP contribution in [0, 0.1) is 6.92 Å². The smallest absolute Gasteiger partial charge is 0.416 e. The van der Waals surface area contributed by atoms with E-state index in [0.717, 1.165) is 55.6 Å². The predicted molar refractivity (Wildman–Crippen MR) is 164 cm³/mol. The van der Waals surface area contributed by atoms with Gasteiger partial charge in [-0.1, -0.05) is 18.2 Å². The second kappa shape index (κ2) is 12.3. The van der Waals surface area contributed by atoms with Crippen LogP contribution in [0.2, 0.25) is 0 Å². The number of rotatable bonds is 2. The van der Waals surface area contributed by atoms with Gasteiger partial charge in [-0.05, 0) is 75.8 Å². The Labute approximate surface area is 260 Å². The Morgan fingerprint density at radius 1 is 1.02 bits per heavy atom. The number of fused-ring (bicyclic) bond motifs is 8. The van der Waals surface area contributed by atoms with E-state index in [0.29, 0.717) is 65.8 Å². The van der Waals surface area contributed by atoms with Crippen LogP contribution < -0.4 is 9.64 Å². The summed E-state index contributed by atoms with van der Waals surface area (Å²) in [7, 11) is 1.37. The first kappa shape index (κ1) is 30.9. The van der Waals surface area contributed by atoms with E-state index in [1.807, 2.05) is 25.1 Å². The number of hydrogen-bond acceptors (Lipinski definition) is 7. The topological polar surface area (TPSA) is 78.2 Å². The number of alkyl halides is 3. The maximum Gasteiger partial charge on any atom is 0.416 e. The average Bonchev–Trinajstić information content (AvgIpc) is 3.44. The molecule has 8 nitrogen and oxygen atoms in total. The molecule has 0 radical (unpaired) electrons. The Bertz CT molecular complexity index is 1710. The van der Waals surface area contributed by atoms with E-state index in [9.17, 15) is 18.0 Å². The molecule has 4 aromatic rings. The van der Waals surface area contributed by atoms with E-state index in [1.54, 1.807) is 16.6 Å². The van der Waals surface area contributed by atoms with Crippen LogP contribution in [-0.2, 0) is 26.9 Å². The summed E-state index contributed by atoms with van der Waals surface area (Å²) in [6.45, 7) is 6.44. The molecule has 6 bridgehead atoms. The van der Waals surface area contributed by atoms with Crippen LogP contribution in [0.3, 0.4) is 0 Å². The fourth-order valence-corrected chi connectivity index (χ4v) is 6.15. The van der Waals surface area contributed by atoms with E-state index in [1.165, 1.54) is 13.2 Å². The van der Waals surface area contributed by atoms with Crippen LogP contribution in [0.4, 0.5) is 19.0 Å². The maximum absolute atomic E-state index is 13.8. The highest BCUT2D eigenvalue weighted by Crippen LogP contribution is 2.39. The van der Waals surface area contributed by atoms with Crippen molar-refractivity contribution in [2.75, 3.05) is 38.3 Å². The number of halogens is 3. The summed E-state index contributed by atoms with van der Waals surface area (Å²) in [5.74, 6) is 0.812. The zero-order valence-corrected chi connectivity index (χ0v) is 25.7. The summed E-state index contributed by atoms with van der Waals surface area (Å²) in [4.78, 5) is 19.5. The molecule has 3 aliphatic heterocycles. The zero-order chi connectivity index (χ0) is 31.8. The highest BCUT2D eigenvalue weighted by atomic mass is 19.4. The molecular weight excluding hydrogens is 585 g/mol. The molecule has 5 heterocycles. The molecule has 0 saturated carbocycles. The van der Waals surface area contributed by atoms with Gasteiger partial charge in [0.15, 0.2) is 5.65 Å². The summed E-state index contributed by atoms with van der Waals surface area (Å²) < 4.78 is 60.5. The zero-order valence-electron chi connectivity index (χ0n) is 25.7. The quantitative estimate of drug-likeness (QED) is 0.222. The number of carbonyl (C=O) groups excluding carboxylic acids is 1. The van der Waals surface area contributed by atoms with Gasteiger partial charge in [0, 0.05) is 48.1 Å². The predicted octanol–water partition coefficient (Wildman–Crippen LogP) is 7.04. The third-order valence-electron chi connectivity index (χ3n) is 8.82. The Morgan fingerprint density at radius 2 is 1.78 bits per heavy atom. The van der Waals surface area contributed by atoms with E-state index in [-0.39, 0.29) is 18.0 Å². The lowest BCUT2D eigenvalue weighted by Crippen LogP contribution is -2.45. The first-order valence-electron chi connectivity index (χ1n) is 15.3. The fourth-order valence-electron chi connectivity index (χ4n) is 6.15. The van der Waals surface area contributed by atoms with Crippen molar-refractivity contribution in [3.05, 3.63) is 65.4 Å². The van der Waals surface area contributed by atoms with Crippen LogP contribution in [0.5, 0.6) is 5.75 Å². The lowest BCUT2D eigenvalue weighted by Gasteiger charge is -2.41. The van der Waals surface area contributed by atoms with Crippen LogP contribution in [0.15, 0.2) is 48.5 Å². The standard InChI is InChI=1S/C34H37F3N4O4/c1-22-26(20-31(42)43-3)32-40-14-12-33(2,13-15-40)45-17-6-4-5-16-44-29-11-10-25(34(35,36)37)19-27(29)23-8-7-9-24(18-23)28-21-30(38-22)41(32)39-28/h7-11,18-19,21H,4-6,12-17,20H2,1-3H3. The molecule has 0 N–H and O–H groups in total. The Balaban J connectivity index is 1.50. The number of anilines is 1. The first-order valence-corrected chi connectivity index (χ1v) is 15.3. The first-order chi connectivity index (χ1) is 21.5. The molecule has 7 rings (SSSR count). The largest absolute Gasteiger partial charge is 0.493 e. The number of aromatic nitrogens is 3. The molecule has 0 atom stereocenters. The molecule has 0 unspecified atom stereocenters. The molecule has 3 aliphatic rings. The highest BCUT2D eigenvalue weighted by Gasteiger charge is 2.34. The van der Waals surface area contributed by atoms with Gasteiger partial charge in [-0.25, -0.2) is 4.98 Å². The molecule has 0 aliphatic carbocycles. The van der Waals surface area contributed by atoms with Gasteiger partial charge in [0.2, 0.25) is 0 Å². The van der Waals surface area contributed by atoms with Crippen molar-refractivity contribution in [2.45, 2.75) is 64.1 Å². The van der Waals surface area contributed by atoms with Crippen molar-refractivity contribution >= 4 is 17.4 Å². The minimum atomic E-state index is -4.50. The molecule has 11 heteroatoms. The van der Waals surface area contributed by atoms with Gasteiger partial charge in [-0.15, -0.1) is 0 Å². The number of nitrogens with zero attached hydrogens (tertiary/aromatic N) is 4. The second-order valence-electron chi connectivity index (χ2n) is 12.0. The van der Waals surface area contributed by atoms with Crippen molar-refractivity contribution in [3.63, 3.8) is 0 Å². The number of benzene rings is 2. The van der Waals surface area contributed by atoms with Gasteiger partial charge in [0.05, 0.1) is 37.0 Å². The molecule has 2 aromatic carbocycles. The number of esters is 1. The highest BCUT2D eigenvalue weighted by molar-refractivity contribution is 5.79. The van der Waals surface area contributed by atoms with Crippen LogP contribution in [-0.4, -0.2) is 59.6 Å². The Morgan fingerprint density at radius 3 is 2.53 bits per heavy atom. The van der Waals surface area contributed by atoms with Crippen LogP contribution in [0.1, 0.15) is 55.8 Å². The summed E-state index contributed by atoms with van der Waals surface area (Å²) in [5.41, 5.74) is 3.31. The van der Waals surface area contributed by atoms with E-state index in [4.69, 9.17) is 24.3 Å². The number of piperidine rings is 1. The van der Waals surface area contributed by atoms with Crippen LogP contribution in [0.25, 0.3) is 28.0 Å². The summed E-state index contributed by atoms with van der Waals surface area (Å²) in [6, 6.07) is 12.7. The third-order valence-corrected chi connectivity index (χ3v) is 8.82. The van der Waals surface area contributed by atoms with Crippen molar-refractivity contribution < 1.29 is 32.2 Å². The van der Waals surface area contributed by atoms with Gasteiger partial charge in [0.25, 0.3) is 0 Å². The molecular formula is C34H37F3N4O4. The molecule has 1 saturated heterocycles. The van der Waals surface area contributed by atoms with Crippen molar-refractivity contribution in [1.29, 1.82) is 0 Å². The molecule has 238 valence electrons. The number of carbonyl (C=O) groups is 1. The van der Waals surface area contributed by atoms with E-state index < -0.39 is 11.7 Å². The third kappa shape index (κ3) is 6.49. The normalized spacial score (nSPS) is 17.2. The molecule has 0 amide bonds. The minimum absolute atomic E-state index is 0.0495. The number of methoxy groups -OCH3 is 1. The molecule has 1 fully saturated rings. The molecule has 0 spiro atoms. The van der Waals surface area contributed by atoms with Crippen molar-refractivity contribution in [3.8, 4) is 28.1 Å². The lowest BCUT2D eigenvalue weighted by atomic mass is 9.92. The SMILES string of the molecule is COC(=O)Cc1c(C)nc2cc3nn2c1N1CCC(C)(CC1)OCCCCCOc1ccc(C(F)(F)F)cc1-c1cccc-3c1. The van der Waals surface area contributed by atoms with Crippen molar-refractivity contribution in [2.24, 2.45) is 0 Å². The Hall–Kier alpha value is -4.12.